The maximum absolute atomic E-state index is 13.6. The number of allylic oxidation sites excluding steroid dienone is 2. The summed E-state index contributed by atoms with van der Waals surface area (Å²) in [6, 6.07) is 1.55. The average molecular weight is 480 g/mol. The van der Waals surface area contributed by atoms with Crippen LogP contribution in [0.25, 0.3) is 16.7 Å². The molecule has 2 fully saturated rings. The fourth-order valence-electron chi connectivity index (χ4n) is 4.30. The van der Waals surface area contributed by atoms with E-state index in [0.29, 0.717) is 17.1 Å². The average Bonchev–Trinajstić information content (AvgIpc) is 3.51. The quantitative estimate of drug-likeness (QED) is 0.359. The van der Waals surface area contributed by atoms with Crippen LogP contribution in [0, 0.1) is 5.92 Å². The Balaban J connectivity index is 0.000000732. The third-order valence-electron chi connectivity index (χ3n) is 7.23. The topological polar surface area (TPSA) is 50.9 Å². The van der Waals surface area contributed by atoms with Gasteiger partial charge in [0.05, 0.1) is 11.9 Å². The first-order valence-electron chi connectivity index (χ1n) is 12.9. The van der Waals surface area contributed by atoms with Crippen LogP contribution in [0.4, 0.5) is 13.2 Å². The number of halogens is 3. The summed E-state index contributed by atoms with van der Waals surface area (Å²) in [5, 5.41) is 9.18. The predicted molar refractivity (Wildman–Crippen MR) is 132 cm³/mol. The van der Waals surface area contributed by atoms with Crippen LogP contribution in [0.5, 0.6) is 0 Å². The predicted octanol–water partition coefficient (Wildman–Crippen LogP) is 7.49. The highest BCUT2D eigenvalue weighted by molar-refractivity contribution is 5.76. The Bertz CT molecular complexity index is 952. The van der Waals surface area contributed by atoms with E-state index in [-0.39, 0.29) is 25.1 Å². The van der Waals surface area contributed by atoms with Crippen molar-refractivity contribution in [3.8, 4) is 0 Å². The van der Waals surface area contributed by atoms with E-state index in [1.165, 1.54) is 25.7 Å². The molecule has 2 aromatic heterocycles. The van der Waals surface area contributed by atoms with Crippen LogP contribution in [0.3, 0.4) is 0 Å². The van der Waals surface area contributed by atoms with E-state index < -0.39 is 11.6 Å². The van der Waals surface area contributed by atoms with Crippen molar-refractivity contribution in [2.75, 3.05) is 6.61 Å². The van der Waals surface area contributed by atoms with Gasteiger partial charge in [0.25, 0.3) is 0 Å². The molecule has 0 radical (unpaired) electrons. The van der Waals surface area contributed by atoms with Crippen LogP contribution in [0.2, 0.25) is 0 Å². The Hall–Kier alpha value is -1.89. The van der Waals surface area contributed by atoms with Gasteiger partial charge in [0.15, 0.2) is 5.65 Å². The van der Waals surface area contributed by atoms with Gasteiger partial charge in [-0.15, -0.1) is 0 Å². The molecule has 2 aliphatic carbocycles. The summed E-state index contributed by atoms with van der Waals surface area (Å²) in [4.78, 5) is 9.19. The SMILES string of the molecule is C1CCC1.CCC/C=C(/CCCCC(C)CO)c1cnc2cc(C3(C(F)(F)F)CC3)n(C)c2n1. The second-order valence-corrected chi connectivity index (χ2v) is 10.1. The standard InChI is InChI=1S/C23H32F3N3O.C4H8/c1-4-5-9-17(10-7-6-8-16(2)15-30)19-14-27-18-13-20(29(3)21(18)28-19)22(11-12-22)23(24,25)26;1-2-4-3-1/h9,13-14,16,30H,4-8,10-12,15H2,1-3H3;1-4H2/b17-9-;. The van der Waals surface area contributed by atoms with Gasteiger partial charge in [0, 0.05) is 19.3 Å². The molecule has 190 valence electrons. The van der Waals surface area contributed by atoms with Crippen LogP contribution in [0.1, 0.15) is 102 Å². The zero-order valence-corrected chi connectivity index (χ0v) is 20.9. The molecule has 0 spiro atoms. The van der Waals surface area contributed by atoms with Crippen molar-refractivity contribution in [2.24, 2.45) is 13.0 Å². The number of aliphatic hydroxyl groups excluding tert-OH is 1. The molecule has 4 nitrogen and oxygen atoms in total. The highest BCUT2D eigenvalue weighted by Crippen LogP contribution is 2.59. The summed E-state index contributed by atoms with van der Waals surface area (Å²) in [6.45, 7) is 4.35. The molecule has 0 aliphatic heterocycles. The van der Waals surface area contributed by atoms with E-state index in [2.05, 4.69) is 18.0 Å². The van der Waals surface area contributed by atoms with Crippen molar-refractivity contribution in [1.29, 1.82) is 0 Å². The fraction of sp³-hybridized carbons (Fsp3) is 0.704. The van der Waals surface area contributed by atoms with Gasteiger partial charge in [0.2, 0.25) is 0 Å². The Morgan fingerprint density at radius 3 is 2.41 bits per heavy atom. The van der Waals surface area contributed by atoms with E-state index in [1.807, 2.05) is 6.92 Å². The fourth-order valence-corrected chi connectivity index (χ4v) is 4.30. The number of alkyl halides is 3. The highest BCUT2D eigenvalue weighted by Gasteiger charge is 2.65. The van der Waals surface area contributed by atoms with E-state index in [1.54, 1.807) is 23.9 Å². The number of aromatic nitrogens is 3. The Kier molecular flexibility index (Phi) is 9.19. The molecular weight excluding hydrogens is 439 g/mol. The monoisotopic (exact) mass is 479 g/mol. The van der Waals surface area contributed by atoms with Crippen molar-refractivity contribution < 1.29 is 18.3 Å². The van der Waals surface area contributed by atoms with Gasteiger partial charge in [-0.25, -0.2) is 4.98 Å². The molecule has 1 atom stereocenters. The van der Waals surface area contributed by atoms with Crippen LogP contribution >= 0.6 is 0 Å². The van der Waals surface area contributed by atoms with E-state index in [0.717, 1.165) is 49.8 Å². The number of fused-ring (bicyclic) bond motifs is 1. The summed E-state index contributed by atoms with van der Waals surface area (Å²) >= 11 is 0. The molecule has 2 aliphatic rings. The first-order chi connectivity index (χ1) is 16.2. The number of hydrogen-bond acceptors (Lipinski definition) is 3. The minimum atomic E-state index is -4.25. The number of aliphatic hydroxyl groups is 1. The number of nitrogens with zero attached hydrogens (tertiary/aromatic N) is 3. The molecule has 34 heavy (non-hydrogen) atoms. The Morgan fingerprint density at radius 1 is 1.21 bits per heavy atom. The molecule has 0 bridgehead atoms. The largest absolute Gasteiger partial charge is 0.399 e. The molecule has 1 N–H and O–H groups in total. The summed E-state index contributed by atoms with van der Waals surface area (Å²) in [6.07, 6.45) is 11.6. The molecule has 2 heterocycles. The lowest BCUT2D eigenvalue weighted by Crippen LogP contribution is -2.30. The number of aryl methyl sites for hydroxylation is 1. The van der Waals surface area contributed by atoms with Gasteiger partial charge >= 0.3 is 6.18 Å². The molecule has 2 aromatic rings. The summed E-state index contributed by atoms with van der Waals surface area (Å²) in [5.74, 6) is 0.300. The van der Waals surface area contributed by atoms with Crippen LogP contribution < -0.4 is 0 Å². The molecule has 1 unspecified atom stereocenters. The first-order valence-corrected chi connectivity index (χ1v) is 12.9. The van der Waals surface area contributed by atoms with E-state index >= 15 is 0 Å². The Labute approximate surface area is 201 Å². The van der Waals surface area contributed by atoms with Gasteiger partial charge in [-0.2, -0.15) is 13.2 Å². The molecule has 7 heteroatoms. The van der Waals surface area contributed by atoms with Crippen LogP contribution in [0.15, 0.2) is 18.3 Å². The number of rotatable bonds is 10. The summed E-state index contributed by atoms with van der Waals surface area (Å²) in [7, 11) is 1.66. The van der Waals surface area contributed by atoms with Crippen molar-refractivity contribution in [1.82, 2.24) is 14.5 Å². The molecule has 0 saturated heterocycles. The van der Waals surface area contributed by atoms with Crippen LogP contribution in [-0.4, -0.2) is 32.4 Å². The maximum Gasteiger partial charge on any atom is 0.399 e. The Morgan fingerprint density at radius 2 is 1.88 bits per heavy atom. The van der Waals surface area contributed by atoms with Crippen LogP contribution in [-0.2, 0) is 12.5 Å². The van der Waals surface area contributed by atoms with Crippen molar-refractivity contribution in [2.45, 2.75) is 102 Å². The van der Waals surface area contributed by atoms with E-state index in [9.17, 15) is 18.3 Å². The highest BCUT2D eigenvalue weighted by atomic mass is 19.4. The minimum Gasteiger partial charge on any atom is -0.396 e. The van der Waals surface area contributed by atoms with Crippen molar-refractivity contribution >= 4 is 16.7 Å². The smallest absolute Gasteiger partial charge is 0.396 e. The zero-order valence-electron chi connectivity index (χ0n) is 20.9. The lowest BCUT2D eigenvalue weighted by Gasteiger charge is -2.19. The van der Waals surface area contributed by atoms with Gasteiger partial charge < -0.3 is 9.67 Å². The number of unbranched alkanes of at least 4 members (excludes halogenated alkanes) is 2. The first kappa shape index (κ1) is 26.7. The summed E-state index contributed by atoms with van der Waals surface area (Å²) < 4.78 is 42.4. The van der Waals surface area contributed by atoms with Gasteiger partial charge in [-0.1, -0.05) is 58.4 Å². The minimum absolute atomic E-state index is 0.126. The summed E-state index contributed by atoms with van der Waals surface area (Å²) in [5.41, 5.74) is 1.39. The second kappa shape index (κ2) is 11.7. The maximum atomic E-state index is 13.6. The third kappa shape index (κ3) is 6.21. The second-order valence-electron chi connectivity index (χ2n) is 10.1. The lowest BCUT2D eigenvalue weighted by molar-refractivity contribution is -0.162. The zero-order chi connectivity index (χ0) is 24.8. The molecule has 0 amide bonds. The third-order valence-corrected chi connectivity index (χ3v) is 7.23. The molecular formula is C27H40F3N3O. The van der Waals surface area contributed by atoms with Gasteiger partial charge in [-0.3, -0.25) is 4.98 Å². The van der Waals surface area contributed by atoms with E-state index in [4.69, 9.17) is 4.98 Å². The van der Waals surface area contributed by atoms with Crippen molar-refractivity contribution in [3.63, 3.8) is 0 Å². The van der Waals surface area contributed by atoms with Gasteiger partial charge in [0.1, 0.15) is 10.9 Å². The van der Waals surface area contributed by atoms with Gasteiger partial charge in [-0.05, 0) is 56.1 Å². The van der Waals surface area contributed by atoms with Crippen molar-refractivity contribution in [3.05, 3.63) is 29.7 Å². The normalized spacial score (nSPS) is 18.3. The molecule has 2 saturated carbocycles. The lowest BCUT2D eigenvalue weighted by atomic mass is 9.99. The number of hydrogen-bond donors (Lipinski definition) is 1. The molecule has 0 aromatic carbocycles. The molecule has 4 rings (SSSR count).